The number of phenolic OH excluding ortho intramolecular Hbond substituents is 1. The van der Waals surface area contributed by atoms with Crippen molar-refractivity contribution in [3.05, 3.63) is 24.3 Å². The Kier molecular flexibility index (Phi) is 4.13. The van der Waals surface area contributed by atoms with Gasteiger partial charge in [-0.15, -0.1) is 0 Å². The summed E-state index contributed by atoms with van der Waals surface area (Å²) in [5.74, 6) is 0.774. The number of hydrogen-bond donors (Lipinski definition) is 1. The van der Waals surface area contributed by atoms with Crippen molar-refractivity contribution in [2.75, 3.05) is 18.8 Å². The molecule has 1 aromatic rings. The van der Waals surface area contributed by atoms with Gasteiger partial charge in [-0.05, 0) is 24.6 Å². The van der Waals surface area contributed by atoms with E-state index >= 15 is 0 Å². The van der Waals surface area contributed by atoms with Crippen molar-refractivity contribution >= 4 is 21.8 Å². The Morgan fingerprint density at radius 3 is 2.74 bits per heavy atom. The predicted molar refractivity (Wildman–Crippen MR) is 78.0 cm³/mol. The van der Waals surface area contributed by atoms with E-state index in [0.29, 0.717) is 13.1 Å². The van der Waals surface area contributed by atoms with E-state index in [2.05, 4.69) is 13.8 Å². The van der Waals surface area contributed by atoms with E-state index < -0.39 is 10.0 Å². The number of hydrogen-bond acceptors (Lipinski definition) is 4. The van der Waals surface area contributed by atoms with Crippen LogP contribution in [-0.2, 0) is 10.0 Å². The first-order valence-electron chi connectivity index (χ1n) is 6.24. The molecule has 0 radical (unpaired) electrons. The normalized spacial score (nSPS) is 20.9. The van der Waals surface area contributed by atoms with Crippen molar-refractivity contribution in [2.45, 2.75) is 29.9 Å². The van der Waals surface area contributed by atoms with Crippen LogP contribution in [0.1, 0.15) is 20.3 Å². The molecule has 0 aromatic heterocycles. The van der Waals surface area contributed by atoms with E-state index in [1.807, 2.05) is 0 Å². The molecule has 0 bridgehead atoms. The van der Waals surface area contributed by atoms with E-state index in [-0.39, 0.29) is 15.4 Å². The summed E-state index contributed by atoms with van der Waals surface area (Å²) in [6.45, 7) is 5.33. The van der Waals surface area contributed by atoms with Gasteiger partial charge in [-0.1, -0.05) is 19.9 Å². The van der Waals surface area contributed by atoms with Crippen LogP contribution < -0.4 is 0 Å². The number of aromatic hydroxyl groups is 1. The Hall–Kier alpha value is -0.720. The standard InChI is InChI=1S/C13H19NO3S2/c1-13(2)6-7-14(8-9-18-13)19(16,17)12-5-3-4-11(15)10-12/h3-5,10,15H,6-9H2,1-2H3. The third-order valence-corrected chi connectivity index (χ3v) is 6.52. The molecule has 6 heteroatoms. The van der Waals surface area contributed by atoms with Crippen molar-refractivity contribution in [2.24, 2.45) is 0 Å². The Bertz CT molecular complexity index is 555. The summed E-state index contributed by atoms with van der Waals surface area (Å²) in [6, 6.07) is 5.86. The van der Waals surface area contributed by atoms with Gasteiger partial charge < -0.3 is 5.11 Å². The third-order valence-electron chi connectivity index (χ3n) is 3.25. The maximum absolute atomic E-state index is 12.5. The minimum absolute atomic E-state index is 0.0226. The van der Waals surface area contributed by atoms with Gasteiger partial charge in [0.1, 0.15) is 5.75 Å². The fraction of sp³-hybridized carbons (Fsp3) is 0.538. The van der Waals surface area contributed by atoms with Crippen molar-refractivity contribution in [1.82, 2.24) is 4.31 Å². The molecular formula is C13H19NO3S2. The zero-order valence-electron chi connectivity index (χ0n) is 11.2. The quantitative estimate of drug-likeness (QED) is 0.910. The zero-order valence-corrected chi connectivity index (χ0v) is 12.8. The second kappa shape index (κ2) is 5.34. The molecule has 106 valence electrons. The number of sulfonamides is 1. The van der Waals surface area contributed by atoms with E-state index in [9.17, 15) is 13.5 Å². The monoisotopic (exact) mass is 301 g/mol. The van der Waals surface area contributed by atoms with Gasteiger partial charge in [0.15, 0.2) is 0 Å². The van der Waals surface area contributed by atoms with Gasteiger partial charge in [0.2, 0.25) is 10.0 Å². The fourth-order valence-corrected chi connectivity index (χ4v) is 4.73. The van der Waals surface area contributed by atoms with Gasteiger partial charge in [0.25, 0.3) is 0 Å². The Morgan fingerprint density at radius 1 is 1.32 bits per heavy atom. The summed E-state index contributed by atoms with van der Waals surface area (Å²) >= 11 is 1.80. The van der Waals surface area contributed by atoms with Crippen molar-refractivity contribution in [3.8, 4) is 5.75 Å². The molecule has 1 fully saturated rings. The van der Waals surface area contributed by atoms with Crippen LogP contribution in [0.3, 0.4) is 0 Å². The number of phenols is 1. The number of nitrogens with zero attached hydrogens (tertiary/aromatic N) is 1. The SMILES string of the molecule is CC1(C)CCN(S(=O)(=O)c2cccc(O)c2)CCS1. The Labute approximate surface area is 118 Å². The topological polar surface area (TPSA) is 57.6 Å². The molecule has 0 saturated carbocycles. The molecule has 4 nitrogen and oxygen atoms in total. The second-order valence-electron chi connectivity index (χ2n) is 5.26. The largest absolute Gasteiger partial charge is 0.508 e. The van der Waals surface area contributed by atoms with Gasteiger partial charge in [-0.2, -0.15) is 16.1 Å². The number of rotatable bonds is 2. The minimum atomic E-state index is -3.50. The number of thioether (sulfide) groups is 1. The Balaban J connectivity index is 2.25. The molecule has 1 heterocycles. The molecule has 0 amide bonds. The van der Waals surface area contributed by atoms with Crippen molar-refractivity contribution < 1.29 is 13.5 Å². The molecule has 19 heavy (non-hydrogen) atoms. The first-order valence-corrected chi connectivity index (χ1v) is 8.67. The average molecular weight is 301 g/mol. The van der Waals surface area contributed by atoms with Crippen LogP contribution in [0.15, 0.2) is 29.2 Å². The molecule has 1 N–H and O–H groups in total. The van der Waals surface area contributed by atoms with Crippen LogP contribution in [0.2, 0.25) is 0 Å². The zero-order chi connectivity index (χ0) is 14.1. The highest BCUT2D eigenvalue weighted by atomic mass is 32.2. The van der Waals surface area contributed by atoms with E-state index in [1.54, 1.807) is 17.8 Å². The van der Waals surface area contributed by atoms with E-state index in [0.717, 1.165) is 12.2 Å². The molecule has 2 rings (SSSR count). The van der Waals surface area contributed by atoms with Gasteiger partial charge in [0.05, 0.1) is 4.90 Å². The van der Waals surface area contributed by atoms with Crippen molar-refractivity contribution in [3.63, 3.8) is 0 Å². The molecule has 0 aliphatic carbocycles. The molecular weight excluding hydrogens is 282 g/mol. The maximum atomic E-state index is 12.5. The molecule has 1 aliphatic rings. The van der Waals surface area contributed by atoms with Crippen LogP contribution in [0, 0.1) is 0 Å². The lowest BCUT2D eigenvalue weighted by Gasteiger charge is -2.22. The van der Waals surface area contributed by atoms with Gasteiger partial charge in [-0.3, -0.25) is 0 Å². The summed E-state index contributed by atoms with van der Waals surface area (Å²) in [6.07, 6.45) is 0.829. The van der Waals surface area contributed by atoms with Gasteiger partial charge in [0, 0.05) is 23.6 Å². The van der Waals surface area contributed by atoms with Crippen molar-refractivity contribution in [1.29, 1.82) is 0 Å². The van der Waals surface area contributed by atoms with Gasteiger partial charge >= 0.3 is 0 Å². The highest BCUT2D eigenvalue weighted by Crippen LogP contribution is 2.32. The minimum Gasteiger partial charge on any atom is -0.508 e. The average Bonchev–Trinajstić information content (AvgIpc) is 2.50. The number of benzene rings is 1. The summed E-state index contributed by atoms with van der Waals surface area (Å²) < 4.78 is 26.6. The first kappa shape index (κ1) is 14.7. The third kappa shape index (κ3) is 3.43. The molecule has 1 saturated heterocycles. The predicted octanol–water partition coefficient (Wildman–Crippen LogP) is 2.30. The highest BCUT2D eigenvalue weighted by molar-refractivity contribution is 8.00. The lowest BCUT2D eigenvalue weighted by Crippen LogP contribution is -2.33. The van der Waals surface area contributed by atoms with Crippen LogP contribution in [0.4, 0.5) is 0 Å². The summed E-state index contributed by atoms with van der Waals surface area (Å²) in [4.78, 5) is 0.164. The Morgan fingerprint density at radius 2 is 2.05 bits per heavy atom. The van der Waals surface area contributed by atoms with Crippen LogP contribution in [0.5, 0.6) is 5.75 Å². The van der Waals surface area contributed by atoms with E-state index in [4.69, 9.17) is 0 Å². The van der Waals surface area contributed by atoms with Crippen LogP contribution in [0.25, 0.3) is 0 Å². The van der Waals surface area contributed by atoms with Crippen LogP contribution in [-0.4, -0.2) is 41.4 Å². The molecule has 1 aliphatic heterocycles. The highest BCUT2D eigenvalue weighted by Gasteiger charge is 2.30. The summed E-state index contributed by atoms with van der Waals surface area (Å²) in [7, 11) is -3.50. The maximum Gasteiger partial charge on any atom is 0.243 e. The molecule has 0 spiro atoms. The van der Waals surface area contributed by atoms with Crippen LogP contribution >= 0.6 is 11.8 Å². The van der Waals surface area contributed by atoms with E-state index in [1.165, 1.54) is 22.5 Å². The molecule has 0 unspecified atom stereocenters. The fourth-order valence-electron chi connectivity index (χ4n) is 2.04. The first-order chi connectivity index (χ1) is 8.81. The lowest BCUT2D eigenvalue weighted by molar-refractivity contribution is 0.414. The smallest absolute Gasteiger partial charge is 0.243 e. The molecule has 0 atom stereocenters. The summed E-state index contributed by atoms with van der Waals surface area (Å²) in [5.41, 5.74) is 0. The second-order valence-corrected chi connectivity index (χ2v) is 9.00. The molecule has 1 aromatic carbocycles. The summed E-state index contributed by atoms with van der Waals surface area (Å²) in [5, 5.41) is 9.43. The van der Waals surface area contributed by atoms with Gasteiger partial charge in [-0.25, -0.2) is 8.42 Å². The lowest BCUT2D eigenvalue weighted by atomic mass is 10.1.